The number of hydrogen-bond acceptors (Lipinski definition) is 3. The minimum Gasteiger partial charge on any atom is -0.365 e. The zero-order valence-corrected chi connectivity index (χ0v) is 11.8. The highest BCUT2D eigenvalue weighted by Crippen LogP contribution is 2.22. The number of anilines is 1. The summed E-state index contributed by atoms with van der Waals surface area (Å²) in [5, 5.41) is 6.54. The molecule has 1 aromatic rings. The Bertz CT molecular complexity index is 409. The standard InChI is InChI=1S/C13H20ClN3O/c1-4-16-13(18)9-17(3)11-6-5-10(8-15-2)12(14)7-11/h5-7,15H,4,8-9H2,1-3H3,(H,16,18). The van der Waals surface area contributed by atoms with Crippen LogP contribution in [0.5, 0.6) is 0 Å². The van der Waals surface area contributed by atoms with Crippen LogP contribution in [0, 0.1) is 0 Å². The molecule has 0 spiro atoms. The minimum atomic E-state index is 0.00965. The average molecular weight is 270 g/mol. The van der Waals surface area contributed by atoms with Crippen molar-refractivity contribution < 1.29 is 4.79 Å². The maximum atomic E-state index is 11.5. The number of benzene rings is 1. The molecule has 0 atom stereocenters. The molecule has 0 heterocycles. The SMILES string of the molecule is CCNC(=O)CN(C)c1ccc(CNC)c(Cl)c1. The van der Waals surface area contributed by atoms with E-state index in [0.29, 0.717) is 18.1 Å². The molecule has 18 heavy (non-hydrogen) atoms. The fourth-order valence-corrected chi connectivity index (χ4v) is 1.91. The van der Waals surface area contributed by atoms with E-state index in [1.807, 2.05) is 44.1 Å². The maximum Gasteiger partial charge on any atom is 0.239 e. The van der Waals surface area contributed by atoms with Crippen molar-refractivity contribution in [1.29, 1.82) is 0 Å². The third kappa shape index (κ3) is 4.20. The Morgan fingerprint density at radius 3 is 2.72 bits per heavy atom. The Labute approximate surface area is 113 Å². The molecule has 0 fully saturated rings. The van der Waals surface area contributed by atoms with Crippen LogP contribution in [0.4, 0.5) is 5.69 Å². The highest BCUT2D eigenvalue weighted by molar-refractivity contribution is 6.31. The van der Waals surface area contributed by atoms with Crippen molar-refractivity contribution in [3.05, 3.63) is 28.8 Å². The Kier molecular flexibility index (Phi) is 5.95. The smallest absolute Gasteiger partial charge is 0.239 e. The molecule has 0 aliphatic carbocycles. The first-order chi connectivity index (χ1) is 8.58. The van der Waals surface area contributed by atoms with E-state index in [4.69, 9.17) is 11.6 Å². The van der Waals surface area contributed by atoms with Crippen LogP contribution in [-0.2, 0) is 11.3 Å². The lowest BCUT2D eigenvalue weighted by atomic mass is 10.2. The lowest BCUT2D eigenvalue weighted by Gasteiger charge is -2.19. The number of nitrogens with zero attached hydrogens (tertiary/aromatic N) is 1. The van der Waals surface area contributed by atoms with Gasteiger partial charge in [-0.2, -0.15) is 0 Å². The molecular weight excluding hydrogens is 250 g/mol. The molecule has 0 saturated carbocycles. The molecule has 1 amide bonds. The second kappa shape index (κ2) is 7.24. The Hall–Kier alpha value is -1.26. The molecule has 0 bridgehead atoms. The van der Waals surface area contributed by atoms with Gasteiger partial charge < -0.3 is 15.5 Å². The van der Waals surface area contributed by atoms with Crippen LogP contribution in [0.2, 0.25) is 5.02 Å². The molecule has 4 nitrogen and oxygen atoms in total. The van der Waals surface area contributed by atoms with Crippen LogP contribution < -0.4 is 15.5 Å². The van der Waals surface area contributed by atoms with Gasteiger partial charge in [0.15, 0.2) is 0 Å². The van der Waals surface area contributed by atoms with Gasteiger partial charge in [-0.05, 0) is 31.7 Å². The summed E-state index contributed by atoms with van der Waals surface area (Å²) in [6.07, 6.45) is 0. The van der Waals surface area contributed by atoms with Crippen molar-refractivity contribution in [2.24, 2.45) is 0 Å². The summed E-state index contributed by atoms with van der Waals surface area (Å²) in [7, 11) is 3.75. The molecule has 0 aromatic heterocycles. The number of likely N-dealkylation sites (N-methyl/N-ethyl adjacent to an activating group) is 2. The van der Waals surface area contributed by atoms with Crippen LogP contribution in [0.1, 0.15) is 12.5 Å². The van der Waals surface area contributed by atoms with E-state index in [1.165, 1.54) is 0 Å². The molecule has 5 heteroatoms. The van der Waals surface area contributed by atoms with E-state index in [0.717, 1.165) is 17.8 Å². The maximum absolute atomic E-state index is 11.5. The number of rotatable bonds is 6. The first-order valence-corrected chi connectivity index (χ1v) is 6.37. The summed E-state index contributed by atoms with van der Waals surface area (Å²) in [6.45, 7) is 3.62. The zero-order chi connectivity index (χ0) is 13.5. The number of hydrogen-bond donors (Lipinski definition) is 2. The molecule has 100 valence electrons. The van der Waals surface area contributed by atoms with Gasteiger partial charge in [0, 0.05) is 30.8 Å². The van der Waals surface area contributed by atoms with Gasteiger partial charge >= 0.3 is 0 Å². The summed E-state index contributed by atoms with van der Waals surface area (Å²) in [5.74, 6) is 0.00965. The summed E-state index contributed by atoms with van der Waals surface area (Å²) in [4.78, 5) is 13.4. The predicted molar refractivity (Wildman–Crippen MR) is 76.2 cm³/mol. The fourth-order valence-electron chi connectivity index (χ4n) is 1.67. The van der Waals surface area contributed by atoms with Gasteiger partial charge in [0.05, 0.1) is 6.54 Å². The van der Waals surface area contributed by atoms with Crippen molar-refractivity contribution in [2.75, 3.05) is 32.1 Å². The molecular formula is C13H20ClN3O. The number of amides is 1. The van der Waals surface area contributed by atoms with Crippen molar-refractivity contribution in [3.8, 4) is 0 Å². The summed E-state index contributed by atoms with van der Waals surface area (Å²) >= 11 is 6.18. The Morgan fingerprint density at radius 2 is 2.17 bits per heavy atom. The second-order valence-electron chi connectivity index (χ2n) is 4.12. The number of halogens is 1. The van der Waals surface area contributed by atoms with Gasteiger partial charge in [0.1, 0.15) is 0 Å². The van der Waals surface area contributed by atoms with Crippen molar-refractivity contribution >= 4 is 23.2 Å². The summed E-state index contributed by atoms with van der Waals surface area (Å²) < 4.78 is 0. The van der Waals surface area contributed by atoms with Crippen LogP contribution in [0.15, 0.2) is 18.2 Å². The molecule has 0 radical (unpaired) electrons. The van der Waals surface area contributed by atoms with Gasteiger partial charge in [0.2, 0.25) is 5.91 Å². The normalized spacial score (nSPS) is 10.2. The van der Waals surface area contributed by atoms with Gasteiger partial charge in [-0.1, -0.05) is 17.7 Å². The number of nitrogens with one attached hydrogen (secondary N) is 2. The lowest BCUT2D eigenvalue weighted by molar-refractivity contribution is -0.119. The zero-order valence-electron chi connectivity index (χ0n) is 11.1. The van der Waals surface area contributed by atoms with Crippen molar-refractivity contribution in [2.45, 2.75) is 13.5 Å². The number of carbonyl (C=O) groups excluding carboxylic acids is 1. The first-order valence-electron chi connectivity index (χ1n) is 5.99. The fraction of sp³-hybridized carbons (Fsp3) is 0.462. The van der Waals surface area contributed by atoms with Crippen molar-refractivity contribution in [1.82, 2.24) is 10.6 Å². The molecule has 1 rings (SSSR count). The molecule has 0 aliphatic rings. The second-order valence-corrected chi connectivity index (χ2v) is 4.52. The Morgan fingerprint density at radius 1 is 1.44 bits per heavy atom. The van der Waals surface area contributed by atoms with Crippen LogP contribution in [0.25, 0.3) is 0 Å². The highest BCUT2D eigenvalue weighted by atomic mass is 35.5. The lowest BCUT2D eigenvalue weighted by Crippen LogP contribution is -2.34. The summed E-state index contributed by atoms with van der Waals surface area (Å²) in [6, 6.07) is 5.83. The van der Waals surface area contributed by atoms with Gasteiger partial charge in [0.25, 0.3) is 0 Å². The van der Waals surface area contributed by atoms with Crippen molar-refractivity contribution in [3.63, 3.8) is 0 Å². The van der Waals surface area contributed by atoms with Crippen LogP contribution >= 0.6 is 11.6 Å². The van der Waals surface area contributed by atoms with E-state index in [-0.39, 0.29) is 5.91 Å². The minimum absolute atomic E-state index is 0.00965. The van der Waals surface area contributed by atoms with E-state index in [2.05, 4.69) is 10.6 Å². The molecule has 0 unspecified atom stereocenters. The van der Waals surface area contributed by atoms with E-state index in [9.17, 15) is 4.79 Å². The molecule has 0 saturated heterocycles. The van der Waals surface area contributed by atoms with Gasteiger partial charge in [-0.25, -0.2) is 0 Å². The monoisotopic (exact) mass is 269 g/mol. The van der Waals surface area contributed by atoms with E-state index >= 15 is 0 Å². The third-order valence-electron chi connectivity index (χ3n) is 2.60. The quantitative estimate of drug-likeness (QED) is 0.825. The van der Waals surface area contributed by atoms with E-state index < -0.39 is 0 Å². The first kappa shape index (κ1) is 14.8. The molecule has 2 N–H and O–H groups in total. The van der Waals surface area contributed by atoms with Crippen LogP contribution in [0.3, 0.4) is 0 Å². The van der Waals surface area contributed by atoms with Crippen LogP contribution in [-0.4, -0.2) is 33.1 Å². The predicted octanol–water partition coefficient (Wildman–Crippen LogP) is 1.63. The van der Waals surface area contributed by atoms with Gasteiger partial charge in [-0.15, -0.1) is 0 Å². The Balaban J connectivity index is 2.71. The van der Waals surface area contributed by atoms with Gasteiger partial charge in [-0.3, -0.25) is 4.79 Å². The highest BCUT2D eigenvalue weighted by Gasteiger charge is 2.08. The summed E-state index contributed by atoms with van der Waals surface area (Å²) in [5.41, 5.74) is 1.99. The third-order valence-corrected chi connectivity index (χ3v) is 2.95. The molecule has 0 aliphatic heterocycles. The average Bonchev–Trinajstić information content (AvgIpc) is 2.32. The largest absolute Gasteiger partial charge is 0.365 e. The molecule has 1 aromatic carbocycles. The topological polar surface area (TPSA) is 44.4 Å². The number of carbonyl (C=O) groups is 1. The van der Waals surface area contributed by atoms with E-state index in [1.54, 1.807) is 0 Å².